The Balaban J connectivity index is 2.06. The number of aryl methyl sites for hydroxylation is 1. The number of hydrogen-bond acceptors (Lipinski definition) is 3. The fourth-order valence-electron chi connectivity index (χ4n) is 2.82. The Bertz CT molecular complexity index is 569. The van der Waals surface area contributed by atoms with Gasteiger partial charge in [-0.3, -0.25) is 9.59 Å². The number of aliphatic hydroxyl groups is 1. The van der Waals surface area contributed by atoms with E-state index in [-0.39, 0.29) is 23.8 Å². The van der Waals surface area contributed by atoms with Gasteiger partial charge in [0.2, 0.25) is 5.91 Å². The summed E-state index contributed by atoms with van der Waals surface area (Å²) in [4.78, 5) is 24.2. The number of nitrogens with one attached hydrogen (secondary N) is 2. The van der Waals surface area contributed by atoms with E-state index in [1.165, 1.54) is 0 Å². The normalized spacial score (nSPS) is 21.0. The Kier molecular flexibility index (Phi) is 5.19. The zero-order valence-corrected chi connectivity index (χ0v) is 13.3. The zero-order valence-electron chi connectivity index (χ0n) is 13.3. The monoisotopic (exact) mass is 304 g/mol. The molecule has 1 aliphatic carbocycles. The number of rotatable bonds is 4. The van der Waals surface area contributed by atoms with Crippen molar-refractivity contribution in [1.82, 2.24) is 5.32 Å². The predicted octanol–water partition coefficient (Wildman–Crippen LogP) is 2.23. The Hall–Kier alpha value is -1.88. The van der Waals surface area contributed by atoms with Gasteiger partial charge in [0.1, 0.15) is 0 Å². The fourth-order valence-corrected chi connectivity index (χ4v) is 2.82. The summed E-state index contributed by atoms with van der Waals surface area (Å²) in [5.74, 6) is -0.593. The minimum atomic E-state index is -0.544. The van der Waals surface area contributed by atoms with Crippen LogP contribution in [0, 0.1) is 12.8 Å². The minimum absolute atomic E-state index is 0.0788. The lowest BCUT2D eigenvalue weighted by molar-refractivity contribution is -0.122. The third kappa shape index (κ3) is 3.85. The van der Waals surface area contributed by atoms with Crippen molar-refractivity contribution in [2.45, 2.75) is 52.2 Å². The van der Waals surface area contributed by atoms with E-state index in [2.05, 4.69) is 10.6 Å². The summed E-state index contributed by atoms with van der Waals surface area (Å²) in [6, 6.07) is 5.30. The van der Waals surface area contributed by atoms with E-state index in [0.29, 0.717) is 17.7 Å². The highest BCUT2D eigenvalue weighted by Gasteiger charge is 2.31. The van der Waals surface area contributed by atoms with Crippen molar-refractivity contribution in [3.8, 4) is 0 Å². The van der Waals surface area contributed by atoms with Gasteiger partial charge >= 0.3 is 0 Å². The first-order valence-corrected chi connectivity index (χ1v) is 7.79. The van der Waals surface area contributed by atoms with Crippen LogP contribution in [0.4, 0.5) is 5.69 Å². The van der Waals surface area contributed by atoms with Crippen molar-refractivity contribution in [2.24, 2.45) is 5.92 Å². The molecule has 1 fully saturated rings. The van der Waals surface area contributed by atoms with Crippen LogP contribution < -0.4 is 10.6 Å². The van der Waals surface area contributed by atoms with Crippen molar-refractivity contribution in [2.75, 3.05) is 5.32 Å². The first-order valence-electron chi connectivity index (χ1n) is 7.79. The third-order valence-corrected chi connectivity index (χ3v) is 3.97. The fraction of sp³-hybridized carbons (Fsp3) is 0.529. The van der Waals surface area contributed by atoms with Crippen LogP contribution in [0.1, 0.15) is 49.0 Å². The maximum atomic E-state index is 12.2. The van der Waals surface area contributed by atoms with Crippen LogP contribution in [0.5, 0.6) is 0 Å². The molecular weight excluding hydrogens is 280 g/mol. The average Bonchev–Trinajstić information content (AvgIpc) is 2.84. The highest BCUT2D eigenvalue weighted by Crippen LogP contribution is 2.27. The topological polar surface area (TPSA) is 78.4 Å². The number of aliphatic hydroxyl groups excluding tert-OH is 1. The van der Waals surface area contributed by atoms with Crippen molar-refractivity contribution in [3.05, 3.63) is 29.3 Å². The number of hydrogen-bond donors (Lipinski definition) is 3. The summed E-state index contributed by atoms with van der Waals surface area (Å²) in [6.07, 6.45) is 1.75. The summed E-state index contributed by atoms with van der Waals surface area (Å²) in [5, 5.41) is 15.5. The van der Waals surface area contributed by atoms with E-state index >= 15 is 0 Å². The zero-order chi connectivity index (χ0) is 16.3. The lowest BCUT2D eigenvalue weighted by atomic mass is 10.0. The molecule has 2 unspecified atom stereocenters. The Labute approximate surface area is 131 Å². The Morgan fingerprint density at radius 2 is 2.00 bits per heavy atom. The molecule has 0 spiro atoms. The van der Waals surface area contributed by atoms with Crippen molar-refractivity contribution >= 4 is 17.5 Å². The van der Waals surface area contributed by atoms with E-state index in [4.69, 9.17) is 0 Å². The highest BCUT2D eigenvalue weighted by atomic mass is 16.3. The number of benzene rings is 1. The van der Waals surface area contributed by atoms with Crippen molar-refractivity contribution in [3.63, 3.8) is 0 Å². The molecule has 1 aliphatic rings. The van der Waals surface area contributed by atoms with Gasteiger partial charge in [-0.05, 0) is 63.8 Å². The van der Waals surface area contributed by atoms with Gasteiger partial charge in [-0.1, -0.05) is 0 Å². The molecule has 0 aromatic heterocycles. The molecule has 0 aliphatic heterocycles. The second-order valence-corrected chi connectivity index (χ2v) is 6.25. The smallest absolute Gasteiger partial charge is 0.251 e. The molecule has 1 aromatic carbocycles. The van der Waals surface area contributed by atoms with Crippen LogP contribution in [-0.2, 0) is 4.79 Å². The maximum Gasteiger partial charge on any atom is 0.251 e. The molecule has 1 saturated carbocycles. The van der Waals surface area contributed by atoms with E-state index in [9.17, 15) is 14.7 Å². The van der Waals surface area contributed by atoms with Crippen LogP contribution in [-0.4, -0.2) is 29.1 Å². The highest BCUT2D eigenvalue weighted by molar-refractivity contribution is 5.97. The predicted molar refractivity (Wildman–Crippen MR) is 85.8 cm³/mol. The first kappa shape index (κ1) is 16.5. The second-order valence-electron chi connectivity index (χ2n) is 6.25. The van der Waals surface area contributed by atoms with Crippen LogP contribution in [0.3, 0.4) is 0 Å². The lowest BCUT2D eigenvalue weighted by Crippen LogP contribution is -2.31. The number of carbonyl (C=O) groups is 2. The Morgan fingerprint density at radius 1 is 1.27 bits per heavy atom. The van der Waals surface area contributed by atoms with Gasteiger partial charge in [0.25, 0.3) is 5.91 Å². The SMILES string of the molecule is Cc1cc(NC(=O)C2CCCC2O)ccc1C(=O)NC(C)C. The van der Waals surface area contributed by atoms with Gasteiger partial charge in [0, 0.05) is 17.3 Å². The molecule has 5 heteroatoms. The molecule has 0 bridgehead atoms. The molecule has 0 saturated heterocycles. The van der Waals surface area contributed by atoms with Crippen LogP contribution in [0.15, 0.2) is 18.2 Å². The lowest BCUT2D eigenvalue weighted by Gasteiger charge is -2.16. The molecule has 22 heavy (non-hydrogen) atoms. The summed E-state index contributed by atoms with van der Waals surface area (Å²) in [7, 11) is 0. The molecule has 3 N–H and O–H groups in total. The van der Waals surface area contributed by atoms with Gasteiger partial charge in [0.15, 0.2) is 0 Å². The van der Waals surface area contributed by atoms with Crippen LogP contribution in [0.2, 0.25) is 0 Å². The van der Waals surface area contributed by atoms with Gasteiger partial charge < -0.3 is 15.7 Å². The third-order valence-electron chi connectivity index (χ3n) is 3.97. The molecule has 2 amide bonds. The van der Waals surface area contributed by atoms with E-state index in [1.54, 1.807) is 18.2 Å². The van der Waals surface area contributed by atoms with Crippen molar-refractivity contribution < 1.29 is 14.7 Å². The second kappa shape index (κ2) is 6.92. The molecule has 0 heterocycles. The van der Waals surface area contributed by atoms with E-state index < -0.39 is 6.10 Å². The standard InChI is InChI=1S/C17H24N2O3/c1-10(2)18-16(21)13-8-7-12(9-11(13)3)19-17(22)14-5-4-6-15(14)20/h7-10,14-15,20H,4-6H2,1-3H3,(H,18,21)(H,19,22). The first-order chi connectivity index (χ1) is 10.4. The quantitative estimate of drug-likeness (QED) is 0.798. The number of amides is 2. The molecular formula is C17H24N2O3. The summed E-state index contributed by atoms with van der Waals surface area (Å²) in [5.41, 5.74) is 2.07. The van der Waals surface area contributed by atoms with Gasteiger partial charge in [-0.25, -0.2) is 0 Å². The molecule has 2 rings (SSSR count). The number of anilines is 1. The molecule has 1 aromatic rings. The average molecular weight is 304 g/mol. The van der Waals surface area contributed by atoms with Gasteiger partial charge in [0.05, 0.1) is 12.0 Å². The van der Waals surface area contributed by atoms with Crippen molar-refractivity contribution in [1.29, 1.82) is 0 Å². The van der Waals surface area contributed by atoms with Crippen LogP contribution in [0.25, 0.3) is 0 Å². The molecule has 5 nitrogen and oxygen atoms in total. The minimum Gasteiger partial charge on any atom is -0.392 e. The summed E-state index contributed by atoms with van der Waals surface area (Å²) in [6.45, 7) is 5.67. The molecule has 120 valence electrons. The largest absolute Gasteiger partial charge is 0.392 e. The van der Waals surface area contributed by atoms with E-state index in [1.807, 2.05) is 20.8 Å². The van der Waals surface area contributed by atoms with E-state index in [0.717, 1.165) is 18.4 Å². The maximum absolute atomic E-state index is 12.2. The van der Waals surface area contributed by atoms with Crippen LogP contribution >= 0.6 is 0 Å². The number of carbonyl (C=O) groups excluding carboxylic acids is 2. The Morgan fingerprint density at radius 3 is 2.55 bits per heavy atom. The summed E-state index contributed by atoms with van der Waals surface area (Å²) < 4.78 is 0. The summed E-state index contributed by atoms with van der Waals surface area (Å²) >= 11 is 0. The molecule has 2 atom stereocenters. The van der Waals surface area contributed by atoms with Gasteiger partial charge in [-0.15, -0.1) is 0 Å². The van der Waals surface area contributed by atoms with Gasteiger partial charge in [-0.2, -0.15) is 0 Å². The molecule has 0 radical (unpaired) electrons.